The van der Waals surface area contributed by atoms with Crippen molar-refractivity contribution in [3.63, 3.8) is 0 Å². The van der Waals surface area contributed by atoms with Gasteiger partial charge in [-0.25, -0.2) is 4.68 Å². The first-order chi connectivity index (χ1) is 8.45. The van der Waals surface area contributed by atoms with Crippen LogP contribution < -0.4 is 4.74 Å². The number of hydrogen-bond donors (Lipinski definition) is 0. The molecule has 2 aromatic rings. The summed E-state index contributed by atoms with van der Waals surface area (Å²) < 4.78 is 7.42. The monoisotopic (exact) mass is 265 g/mol. The van der Waals surface area contributed by atoms with Crippen molar-refractivity contribution in [3.05, 3.63) is 41.2 Å². The summed E-state index contributed by atoms with van der Waals surface area (Å²) in [5, 5.41) is 8.81. The van der Waals surface area contributed by atoms with Crippen LogP contribution in [0.1, 0.15) is 26.5 Å². The highest BCUT2D eigenvalue weighted by molar-refractivity contribution is 6.30. The Morgan fingerprint density at radius 2 is 2.11 bits per heavy atom. The number of rotatable bonds is 3. The number of hydrogen-bond acceptors (Lipinski definition) is 3. The van der Waals surface area contributed by atoms with Crippen LogP contribution in [0.25, 0.3) is 0 Å². The molecule has 0 atom stereocenters. The Hall–Kier alpha value is -1.55. The summed E-state index contributed by atoms with van der Waals surface area (Å²) in [7, 11) is 0. The van der Waals surface area contributed by atoms with Gasteiger partial charge in [0.05, 0.1) is 11.7 Å². The lowest BCUT2D eigenvalue weighted by atomic mass is 10.1. The minimum absolute atomic E-state index is 0.0681. The summed E-state index contributed by atoms with van der Waals surface area (Å²) in [5.74, 6) is 0.729. The second-order valence-corrected chi connectivity index (χ2v) is 5.51. The van der Waals surface area contributed by atoms with E-state index >= 15 is 0 Å². The summed E-state index contributed by atoms with van der Waals surface area (Å²) >= 11 is 5.88. The Labute approximate surface area is 112 Å². The molecule has 1 aromatic heterocycles. The highest BCUT2D eigenvalue weighted by Gasteiger charge is 2.15. The van der Waals surface area contributed by atoms with Crippen LogP contribution in [-0.2, 0) is 12.1 Å². The molecule has 4 nitrogen and oxygen atoms in total. The average molecular weight is 266 g/mol. The van der Waals surface area contributed by atoms with Crippen LogP contribution in [0.2, 0.25) is 5.02 Å². The normalized spacial score (nSPS) is 11.6. The lowest BCUT2D eigenvalue weighted by molar-refractivity contribution is 0.301. The van der Waals surface area contributed by atoms with Gasteiger partial charge < -0.3 is 4.74 Å². The highest BCUT2D eigenvalue weighted by Crippen LogP contribution is 2.18. The van der Waals surface area contributed by atoms with Crippen LogP contribution in [0.4, 0.5) is 0 Å². The van der Waals surface area contributed by atoms with E-state index in [2.05, 4.69) is 31.1 Å². The predicted molar refractivity (Wildman–Crippen MR) is 70.8 cm³/mol. The second kappa shape index (κ2) is 4.98. The van der Waals surface area contributed by atoms with E-state index in [1.165, 1.54) is 0 Å². The molecule has 1 heterocycles. The van der Waals surface area contributed by atoms with Gasteiger partial charge in [0.2, 0.25) is 0 Å². The summed E-state index contributed by atoms with van der Waals surface area (Å²) in [6.07, 6.45) is 1.89. The molecule has 0 radical (unpaired) electrons. The van der Waals surface area contributed by atoms with Gasteiger partial charge >= 0.3 is 0 Å². The second-order valence-electron chi connectivity index (χ2n) is 5.07. The van der Waals surface area contributed by atoms with Gasteiger partial charge in [-0.15, -0.1) is 5.10 Å². The number of ether oxygens (including phenoxy) is 1. The largest absolute Gasteiger partial charge is 0.487 e. The van der Waals surface area contributed by atoms with Crippen molar-refractivity contribution in [1.29, 1.82) is 0 Å². The van der Waals surface area contributed by atoms with E-state index in [1.807, 2.05) is 29.1 Å². The zero-order valence-electron chi connectivity index (χ0n) is 10.7. The zero-order valence-corrected chi connectivity index (χ0v) is 11.5. The predicted octanol–water partition coefficient (Wildman–Crippen LogP) is 3.27. The molecular formula is C13H16ClN3O. The van der Waals surface area contributed by atoms with E-state index in [9.17, 15) is 0 Å². The van der Waals surface area contributed by atoms with Gasteiger partial charge in [-0.05, 0) is 39.0 Å². The summed E-state index contributed by atoms with van der Waals surface area (Å²) in [6, 6.07) is 7.30. The van der Waals surface area contributed by atoms with Crippen LogP contribution >= 0.6 is 11.6 Å². The Balaban J connectivity index is 2.01. The first kappa shape index (κ1) is 12.9. The minimum Gasteiger partial charge on any atom is -0.487 e. The minimum atomic E-state index is -0.0681. The summed E-state index contributed by atoms with van der Waals surface area (Å²) in [6.45, 7) is 6.60. The number of benzene rings is 1. The SMILES string of the molecule is CC(C)(C)n1cc(COc2cccc(Cl)c2)nn1. The molecule has 2 rings (SSSR count). The Kier molecular flexibility index (Phi) is 3.57. The van der Waals surface area contributed by atoms with Crippen molar-refractivity contribution in [3.8, 4) is 5.75 Å². The van der Waals surface area contributed by atoms with E-state index < -0.39 is 0 Å². The quantitative estimate of drug-likeness (QED) is 0.855. The molecule has 0 aliphatic rings. The molecule has 0 saturated heterocycles. The van der Waals surface area contributed by atoms with E-state index in [1.54, 1.807) is 6.07 Å². The maximum Gasteiger partial charge on any atom is 0.134 e. The number of aromatic nitrogens is 3. The highest BCUT2D eigenvalue weighted by atomic mass is 35.5. The van der Waals surface area contributed by atoms with Gasteiger partial charge in [0.15, 0.2) is 0 Å². The molecule has 1 aromatic carbocycles. The number of nitrogens with zero attached hydrogens (tertiary/aromatic N) is 3. The van der Waals surface area contributed by atoms with Crippen molar-refractivity contribution < 1.29 is 4.74 Å². The lowest BCUT2D eigenvalue weighted by Crippen LogP contribution is -2.22. The molecule has 0 unspecified atom stereocenters. The van der Waals surface area contributed by atoms with Gasteiger partial charge in [0, 0.05) is 5.02 Å². The van der Waals surface area contributed by atoms with Crippen molar-refractivity contribution >= 4 is 11.6 Å². The third-order valence-corrected chi connectivity index (χ3v) is 2.65. The molecule has 0 spiro atoms. The fraction of sp³-hybridized carbons (Fsp3) is 0.385. The Morgan fingerprint density at radius 3 is 2.72 bits per heavy atom. The van der Waals surface area contributed by atoms with Crippen molar-refractivity contribution in [1.82, 2.24) is 15.0 Å². The van der Waals surface area contributed by atoms with Crippen LogP contribution in [-0.4, -0.2) is 15.0 Å². The van der Waals surface area contributed by atoms with Gasteiger partial charge in [0.25, 0.3) is 0 Å². The molecule has 0 N–H and O–H groups in total. The standard InChI is InChI=1S/C13H16ClN3O/c1-13(2,3)17-8-11(15-16-17)9-18-12-6-4-5-10(14)7-12/h4-8H,9H2,1-3H3. The maximum atomic E-state index is 5.88. The molecule has 96 valence electrons. The fourth-order valence-electron chi connectivity index (χ4n) is 1.41. The van der Waals surface area contributed by atoms with E-state index in [0.29, 0.717) is 11.6 Å². The molecule has 0 aliphatic heterocycles. The first-order valence-corrected chi connectivity index (χ1v) is 6.13. The van der Waals surface area contributed by atoms with Crippen LogP contribution in [0.15, 0.2) is 30.5 Å². The molecular weight excluding hydrogens is 250 g/mol. The van der Waals surface area contributed by atoms with Crippen LogP contribution in [0.3, 0.4) is 0 Å². The van der Waals surface area contributed by atoms with Gasteiger partial charge in [-0.2, -0.15) is 0 Å². The molecule has 0 saturated carbocycles. The van der Waals surface area contributed by atoms with Gasteiger partial charge in [-0.1, -0.05) is 22.9 Å². The molecule has 0 amide bonds. The van der Waals surface area contributed by atoms with Crippen LogP contribution in [0, 0.1) is 0 Å². The summed E-state index contributed by atoms with van der Waals surface area (Å²) in [4.78, 5) is 0. The topological polar surface area (TPSA) is 39.9 Å². The number of halogens is 1. The van der Waals surface area contributed by atoms with Gasteiger partial charge in [0.1, 0.15) is 18.1 Å². The molecule has 18 heavy (non-hydrogen) atoms. The average Bonchev–Trinajstić information content (AvgIpc) is 2.74. The van der Waals surface area contributed by atoms with Gasteiger partial charge in [-0.3, -0.25) is 0 Å². The third-order valence-electron chi connectivity index (χ3n) is 2.41. The van der Waals surface area contributed by atoms with E-state index in [0.717, 1.165) is 11.4 Å². The van der Waals surface area contributed by atoms with Crippen molar-refractivity contribution in [2.75, 3.05) is 0 Å². The maximum absolute atomic E-state index is 5.88. The smallest absolute Gasteiger partial charge is 0.134 e. The fourth-order valence-corrected chi connectivity index (χ4v) is 1.59. The molecule has 0 fully saturated rings. The molecule has 5 heteroatoms. The summed E-state index contributed by atoms with van der Waals surface area (Å²) in [5.41, 5.74) is 0.728. The zero-order chi connectivity index (χ0) is 13.2. The van der Waals surface area contributed by atoms with Crippen molar-refractivity contribution in [2.45, 2.75) is 32.9 Å². The molecule has 0 bridgehead atoms. The van der Waals surface area contributed by atoms with Crippen molar-refractivity contribution in [2.24, 2.45) is 0 Å². The van der Waals surface area contributed by atoms with Crippen LogP contribution in [0.5, 0.6) is 5.75 Å². The Bertz CT molecular complexity index is 531. The molecule has 0 aliphatic carbocycles. The third kappa shape index (κ3) is 3.23. The van der Waals surface area contributed by atoms with E-state index in [4.69, 9.17) is 16.3 Å². The lowest BCUT2D eigenvalue weighted by Gasteiger charge is -2.17. The van der Waals surface area contributed by atoms with E-state index in [-0.39, 0.29) is 5.54 Å². The Morgan fingerprint density at radius 1 is 1.33 bits per heavy atom. The first-order valence-electron chi connectivity index (χ1n) is 5.75.